The van der Waals surface area contributed by atoms with E-state index >= 15 is 0 Å². The quantitative estimate of drug-likeness (QED) is 0.446. The van der Waals surface area contributed by atoms with Crippen LogP contribution in [0.1, 0.15) is 17.3 Å². The van der Waals surface area contributed by atoms with Crippen LogP contribution in [0.5, 0.6) is 11.5 Å². The molecule has 1 N–H and O–H groups in total. The molecule has 4 rings (SSSR count). The molecule has 6 heteroatoms. The summed E-state index contributed by atoms with van der Waals surface area (Å²) in [5, 5.41) is 3.35. The van der Waals surface area contributed by atoms with Crippen molar-refractivity contribution in [1.82, 2.24) is 9.97 Å². The van der Waals surface area contributed by atoms with Crippen molar-refractivity contribution in [3.63, 3.8) is 0 Å². The van der Waals surface area contributed by atoms with Gasteiger partial charge in [0.25, 0.3) is 0 Å². The molecule has 1 heterocycles. The van der Waals surface area contributed by atoms with Crippen molar-refractivity contribution in [1.29, 1.82) is 0 Å². The van der Waals surface area contributed by atoms with Gasteiger partial charge in [-0.25, -0.2) is 9.97 Å². The standard InChI is InChI=1S/C24H21N3O3/c1-15(28)16-8-10-17(11-9-16)23-24(27-22-7-5-4-6-21(22)26-23)25-18-12-19(29-2)14-20(13-18)30-3/h4-14H,1-3H3,(H,25,27). The molecule has 0 saturated heterocycles. The summed E-state index contributed by atoms with van der Waals surface area (Å²) in [4.78, 5) is 21.3. The highest BCUT2D eigenvalue weighted by molar-refractivity contribution is 5.95. The van der Waals surface area contributed by atoms with Crippen molar-refractivity contribution in [3.05, 3.63) is 72.3 Å². The lowest BCUT2D eigenvalue weighted by molar-refractivity contribution is 0.101. The summed E-state index contributed by atoms with van der Waals surface area (Å²) in [5.41, 5.74) is 4.52. The summed E-state index contributed by atoms with van der Waals surface area (Å²) in [6, 6.07) is 20.6. The maximum atomic E-state index is 11.6. The zero-order valence-corrected chi connectivity index (χ0v) is 17.0. The maximum Gasteiger partial charge on any atom is 0.159 e. The lowest BCUT2D eigenvalue weighted by atomic mass is 10.1. The Morgan fingerprint density at radius 1 is 0.833 bits per heavy atom. The van der Waals surface area contributed by atoms with Gasteiger partial charge in [0.15, 0.2) is 11.6 Å². The maximum absolute atomic E-state index is 11.6. The Balaban J connectivity index is 1.84. The Morgan fingerprint density at radius 2 is 1.43 bits per heavy atom. The van der Waals surface area contributed by atoms with Crippen LogP contribution in [0, 0.1) is 0 Å². The second kappa shape index (κ2) is 8.21. The molecule has 0 amide bonds. The fourth-order valence-electron chi connectivity index (χ4n) is 3.17. The fraction of sp³-hybridized carbons (Fsp3) is 0.125. The number of nitrogens with one attached hydrogen (secondary N) is 1. The average Bonchev–Trinajstić information content (AvgIpc) is 2.78. The van der Waals surface area contributed by atoms with E-state index in [0.29, 0.717) is 28.6 Å². The highest BCUT2D eigenvalue weighted by Gasteiger charge is 2.13. The van der Waals surface area contributed by atoms with Crippen molar-refractivity contribution in [2.75, 3.05) is 19.5 Å². The lowest BCUT2D eigenvalue weighted by Gasteiger charge is -2.14. The number of anilines is 2. The van der Waals surface area contributed by atoms with E-state index in [1.165, 1.54) is 0 Å². The molecule has 6 nitrogen and oxygen atoms in total. The topological polar surface area (TPSA) is 73.3 Å². The van der Waals surface area contributed by atoms with Gasteiger partial charge >= 0.3 is 0 Å². The molecule has 0 aliphatic carbocycles. The number of ketones is 1. The number of fused-ring (bicyclic) bond motifs is 1. The van der Waals surface area contributed by atoms with E-state index in [1.807, 2.05) is 48.5 Å². The Bertz CT molecular complexity index is 1200. The number of ether oxygens (including phenoxy) is 2. The van der Waals surface area contributed by atoms with Gasteiger partial charge in [-0.3, -0.25) is 4.79 Å². The monoisotopic (exact) mass is 399 g/mol. The Hall–Kier alpha value is -3.93. The number of para-hydroxylation sites is 2. The number of hydrogen-bond donors (Lipinski definition) is 1. The third kappa shape index (κ3) is 3.93. The van der Waals surface area contributed by atoms with Gasteiger partial charge in [0.1, 0.15) is 17.2 Å². The third-order valence-electron chi connectivity index (χ3n) is 4.75. The van der Waals surface area contributed by atoms with Crippen LogP contribution in [0.25, 0.3) is 22.3 Å². The number of carbonyl (C=O) groups excluding carboxylic acids is 1. The summed E-state index contributed by atoms with van der Waals surface area (Å²) < 4.78 is 10.7. The van der Waals surface area contributed by atoms with E-state index in [-0.39, 0.29) is 5.78 Å². The van der Waals surface area contributed by atoms with Crippen molar-refractivity contribution < 1.29 is 14.3 Å². The first-order chi connectivity index (χ1) is 14.6. The van der Waals surface area contributed by atoms with Gasteiger partial charge in [0.05, 0.1) is 25.3 Å². The zero-order chi connectivity index (χ0) is 21.1. The summed E-state index contributed by atoms with van der Waals surface area (Å²) in [7, 11) is 3.22. The number of benzene rings is 3. The number of methoxy groups -OCH3 is 2. The van der Waals surface area contributed by atoms with Crippen LogP contribution in [0.3, 0.4) is 0 Å². The van der Waals surface area contributed by atoms with E-state index in [1.54, 1.807) is 39.3 Å². The summed E-state index contributed by atoms with van der Waals surface area (Å²) >= 11 is 0. The normalized spacial score (nSPS) is 10.6. The Kier molecular flexibility index (Phi) is 5.30. The van der Waals surface area contributed by atoms with Crippen LogP contribution in [0.15, 0.2) is 66.7 Å². The number of rotatable bonds is 6. The number of aromatic nitrogens is 2. The number of nitrogens with zero attached hydrogens (tertiary/aromatic N) is 2. The van der Waals surface area contributed by atoms with Gasteiger partial charge in [0, 0.05) is 35.0 Å². The first-order valence-electron chi connectivity index (χ1n) is 9.45. The molecule has 0 unspecified atom stereocenters. The SMILES string of the molecule is COc1cc(Nc2nc3ccccc3nc2-c2ccc(C(C)=O)cc2)cc(OC)c1. The number of carbonyl (C=O) groups is 1. The molecule has 30 heavy (non-hydrogen) atoms. The van der Waals surface area contributed by atoms with Gasteiger partial charge in [-0.05, 0) is 19.1 Å². The molecule has 3 aromatic carbocycles. The van der Waals surface area contributed by atoms with Gasteiger partial charge in [0.2, 0.25) is 0 Å². The largest absolute Gasteiger partial charge is 0.497 e. The van der Waals surface area contributed by atoms with Crippen molar-refractivity contribution >= 4 is 28.3 Å². The molecule has 0 radical (unpaired) electrons. The van der Waals surface area contributed by atoms with Crippen LogP contribution in [0.4, 0.5) is 11.5 Å². The minimum absolute atomic E-state index is 0.0213. The smallest absolute Gasteiger partial charge is 0.159 e. The minimum Gasteiger partial charge on any atom is -0.497 e. The molecule has 0 aliphatic heterocycles. The van der Waals surface area contributed by atoms with Crippen LogP contribution in [0.2, 0.25) is 0 Å². The zero-order valence-electron chi connectivity index (χ0n) is 17.0. The molecule has 0 atom stereocenters. The molecule has 4 aromatic rings. The first kappa shape index (κ1) is 19.4. The predicted octanol–water partition coefficient (Wildman–Crippen LogP) is 5.26. The fourth-order valence-corrected chi connectivity index (χ4v) is 3.17. The van der Waals surface area contributed by atoms with E-state index in [9.17, 15) is 4.79 Å². The molecule has 0 fully saturated rings. The molecule has 0 saturated carbocycles. The molecule has 1 aromatic heterocycles. The highest BCUT2D eigenvalue weighted by atomic mass is 16.5. The van der Waals surface area contributed by atoms with Gasteiger partial charge < -0.3 is 14.8 Å². The van der Waals surface area contributed by atoms with Gasteiger partial charge in [-0.15, -0.1) is 0 Å². The van der Waals surface area contributed by atoms with Crippen molar-refractivity contribution in [2.45, 2.75) is 6.92 Å². The molecular weight excluding hydrogens is 378 g/mol. The molecule has 150 valence electrons. The van der Waals surface area contributed by atoms with Crippen molar-refractivity contribution in [2.24, 2.45) is 0 Å². The van der Waals surface area contributed by atoms with Gasteiger partial charge in [-0.1, -0.05) is 36.4 Å². The van der Waals surface area contributed by atoms with E-state index < -0.39 is 0 Å². The second-order valence-electron chi connectivity index (χ2n) is 6.77. The minimum atomic E-state index is 0.0213. The number of Topliss-reactive ketones (excluding diaryl/α,β-unsaturated/α-hetero) is 1. The van der Waals surface area contributed by atoms with E-state index in [4.69, 9.17) is 19.4 Å². The summed E-state index contributed by atoms with van der Waals surface area (Å²) in [6.45, 7) is 1.55. The first-order valence-corrected chi connectivity index (χ1v) is 9.45. The number of hydrogen-bond acceptors (Lipinski definition) is 6. The summed E-state index contributed by atoms with van der Waals surface area (Å²) in [6.07, 6.45) is 0. The van der Waals surface area contributed by atoms with Crippen LogP contribution in [-0.2, 0) is 0 Å². The molecule has 0 spiro atoms. The highest BCUT2D eigenvalue weighted by Crippen LogP contribution is 2.32. The predicted molar refractivity (Wildman–Crippen MR) is 118 cm³/mol. The van der Waals surface area contributed by atoms with Crippen LogP contribution >= 0.6 is 0 Å². The molecular formula is C24H21N3O3. The van der Waals surface area contributed by atoms with E-state index in [0.717, 1.165) is 22.3 Å². The Labute approximate surface area is 174 Å². The molecule has 0 bridgehead atoms. The second-order valence-corrected chi connectivity index (χ2v) is 6.77. The Morgan fingerprint density at radius 3 is 2.00 bits per heavy atom. The van der Waals surface area contributed by atoms with E-state index in [2.05, 4.69) is 5.32 Å². The van der Waals surface area contributed by atoms with Crippen LogP contribution in [-0.4, -0.2) is 30.0 Å². The van der Waals surface area contributed by atoms with Crippen LogP contribution < -0.4 is 14.8 Å². The lowest BCUT2D eigenvalue weighted by Crippen LogP contribution is -2.01. The van der Waals surface area contributed by atoms with Gasteiger partial charge in [-0.2, -0.15) is 0 Å². The third-order valence-corrected chi connectivity index (χ3v) is 4.75. The average molecular weight is 399 g/mol. The van der Waals surface area contributed by atoms with Crippen molar-refractivity contribution in [3.8, 4) is 22.8 Å². The summed E-state index contributed by atoms with van der Waals surface area (Å²) in [5.74, 6) is 1.95. The molecule has 0 aliphatic rings.